The van der Waals surface area contributed by atoms with E-state index in [1.54, 1.807) is 54.6 Å². The number of benzene rings is 3. The molecule has 0 bridgehead atoms. The number of fused-ring (bicyclic) bond motifs is 1. The Morgan fingerprint density at radius 3 is 2.11 bits per heavy atom. The topological polar surface area (TPSA) is 63.7 Å². The quantitative estimate of drug-likeness (QED) is 0.511. The standard InChI is InChI=1S/C22H14FNO4/c1-28-22(27)18-10-9-14(12-19(18)23)13-5-4-6-15(11-13)24-20(25)16-7-2-3-8-17(16)21(24)26/h2-12H,1H3. The Bertz CT molecular complexity index is 1100. The summed E-state index contributed by atoms with van der Waals surface area (Å²) in [6.07, 6.45) is 0. The van der Waals surface area contributed by atoms with Crippen molar-refractivity contribution in [2.75, 3.05) is 12.0 Å². The van der Waals surface area contributed by atoms with Crippen LogP contribution in [0.3, 0.4) is 0 Å². The number of nitrogens with zero attached hydrogens (tertiary/aromatic N) is 1. The molecule has 6 heteroatoms. The van der Waals surface area contributed by atoms with Gasteiger partial charge in [0.2, 0.25) is 0 Å². The predicted octanol–water partition coefficient (Wildman–Crippen LogP) is 4.08. The number of anilines is 1. The minimum atomic E-state index is -0.760. The molecule has 0 aliphatic carbocycles. The van der Waals surface area contributed by atoms with Crippen LogP contribution in [0.5, 0.6) is 0 Å². The van der Waals surface area contributed by atoms with Gasteiger partial charge in [0, 0.05) is 0 Å². The molecule has 3 aromatic carbocycles. The number of hydrogen-bond donors (Lipinski definition) is 0. The maximum absolute atomic E-state index is 14.3. The van der Waals surface area contributed by atoms with Crippen molar-refractivity contribution in [2.45, 2.75) is 0 Å². The van der Waals surface area contributed by atoms with Gasteiger partial charge in [-0.15, -0.1) is 0 Å². The lowest BCUT2D eigenvalue weighted by Crippen LogP contribution is -2.29. The zero-order valence-corrected chi connectivity index (χ0v) is 14.8. The monoisotopic (exact) mass is 375 g/mol. The fourth-order valence-electron chi connectivity index (χ4n) is 3.22. The minimum absolute atomic E-state index is 0.164. The molecule has 1 aliphatic heterocycles. The summed E-state index contributed by atoms with van der Waals surface area (Å²) in [6, 6.07) is 17.5. The molecule has 0 unspecified atom stereocenters. The Morgan fingerprint density at radius 1 is 0.857 bits per heavy atom. The van der Waals surface area contributed by atoms with Crippen molar-refractivity contribution in [3.63, 3.8) is 0 Å². The highest BCUT2D eigenvalue weighted by Crippen LogP contribution is 2.31. The van der Waals surface area contributed by atoms with E-state index in [4.69, 9.17) is 0 Å². The van der Waals surface area contributed by atoms with Gasteiger partial charge in [0.25, 0.3) is 11.8 Å². The first kappa shape index (κ1) is 17.6. The van der Waals surface area contributed by atoms with Gasteiger partial charge in [-0.2, -0.15) is 0 Å². The van der Waals surface area contributed by atoms with Gasteiger partial charge < -0.3 is 4.74 Å². The lowest BCUT2D eigenvalue weighted by molar-refractivity contribution is 0.0595. The molecular weight excluding hydrogens is 361 g/mol. The average Bonchev–Trinajstić information content (AvgIpc) is 2.98. The third-order valence-electron chi connectivity index (χ3n) is 4.61. The second-order valence-corrected chi connectivity index (χ2v) is 6.23. The fourth-order valence-corrected chi connectivity index (χ4v) is 3.22. The summed E-state index contributed by atoms with van der Waals surface area (Å²) in [5.74, 6) is -2.27. The maximum Gasteiger partial charge on any atom is 0.340 e. The van der Waals surface area contributed by atoms with Crippen molar-refractivity contribution >= 4 is 23.5 Å². The third-order valence-corrected chi connectivity index (χ3v) is 4.61. The van der Waals surface area contributed by atoms with Gasteiger partial charge in [-0.25, -0.2) is 14.1 Å². The van der Waals surface area contributed by atoms with Crippen molar-refractivity contribution in [1.29, 1.82) is 0 Å². The summed E-state index contributed by atoms with van der Waals surface area (Å²) in [5, 5.41) is 0. The van der Waals surface area contributed by atoms with Crippen LogP contribution in [-0.4, -0.2) is 24.9 Å². The Kier molecular flexibility index (Phi) is 4.24. The van der Waals surface area contributed by atoms with Crippen LogP contribution in [0.25, 0.3) is 11.1 Å². The molecule has 0 N–H and O–H groups in total. The number of ether oxygens (including phenoxy) is 1. The zero-order chi connectivity index (χ0) is 19.8. The molecule has 28 heavy (non-hydrogen) atoms. The first-order chi connectivity index (χ1) is 13.5. The van der Waals surface area contributed by atoms with Crippen LogP contribution in [0, 0.1) is 5.82 Å². The molecule has 4 rings (SSSR count). The van der Waals surface area contributed by atoms with Gasteiger partial charge >= 0.3 is 5.97 Å². The molecule has 1 aliphatic rings. The number of hydrogen-bond acceptors (Lipinski definition) is 4. The van der Waals surface area contributed by atoms with Crippen LogP contribution in [0.2, 0.25) is 0 Å². The molecule has 5 nitrogen and oxygen atoms in total. The first-order valence-corrected chi connectivity index (χ1v) is 8.47. The number of halogens is 1. The van der Waals surface area contributed by atoms with Crippen molar-refractivity contribution in [2.24, 2.45) is 0 Å². The molecule has 0 fully saturated rings. The van der Waals surface area contributed by atoms with Crippen LogP contribution < -0.4 is 4.90 Å². The molecule has 0 atom stereocenters. The molecule has 1 heterocycles. The van der Waals surface area contributed by atoms with Crippen LogP contribution in [0.1, 0.15) is 31.1 Å². The van der Waals surface area contributed by atoms with E-state index in [0.717, 1.165) is 4.90 Å². The maximum atomic E-state index is 14.3. The summed E-state index contributed by atoms with van der Waals surface area (Å²) in [5.41, 5.74) is 2.04. The molecule has 0 spiro atoms. The van der Waals surface area contributed by atoms with E-state index in [1.807, 2.05) is 0 Å². The van der Waals surface area contributed by atoms with E-state index >= 15 is 0 Å². The summed E-state index contributed by atoms with van der Waals surface area (Å²) in [4.78, 5) is 38.0. The highest BCUT2D eigenvalue weighted by molar-refractivity contribution is 6.34. The lowest BCUT2D eigenvalue weighted by Gasteiger charge is -2.15. The van der Waals surface area contributed by atoms with E-state index in [-0.39, 0.29) is 5.56 Å². The SMILES string of the molecule is COC(=O)c1ccc(-c2cccc(N3C(=O)c4ccccc4C3=O)c2)cc1F. The Balaban J connectivity index is 1.72. The molecule has 0 radical (unpaired) electrons. The van der Waals surface area contributed by atoms with Crippen LogP contribution in [0.4, 0.5) is 10.1 Å². The number of imide groups is 1. The highest BCUT2D eigenvalue weighted by Gasteiger charge is 2.36. The van der Waals surface area contributed by atoms with E-state index in [2.05, 4.69) is 4.74 Å². The molecule has 3 aromatic rings. The number of rotatable bonds is 3. The normalized spacial score (nSPS) is 12.9. The Hall–Kier alpha value is -3.80. The van der Waals surface area contributed by atoms with Gasteiger partial charge in [-0.3, -0.25) is 9.59 Å². The summed E-state index contributed by atoms with van der Waals surface area (Å²) < 4.78 is 18.8. The van der Waals surface area contributed by atoms with Gasteiger partial charge in [-0.1, -0.05) is 30.3 Å². The fraction of sp³-hybridized carbons (Fsp3) is 0.0455. The zero-order valence-electron chi connectivity index (χ0n) is 14.8. The summed E-state index contributed by atoms with van der Waals surface area (Å²) >= 11 is 0. The largest absolute Gasteiger partial charge is 0.465 e. The van der Waals surface area contributed by atoms with E-state index in [9.17, 15) is 18.8 Å². The molecule has 2 amide bonds. The highest BCUT2D eigenvalue weighted by atomic mass is 19.1. The second-order valence-electron chi connectivity index (χ2n) is 6.23. The van der Waals surface area contributed by atoms with Crippen molar-refractivity contribution in [3.8, 4) is 11.1 Å². The van der Waals surface area contributed by atoms with Gasteiger partial charge in [0.15, 0.2) is 0 Å². The molecule has 0 saturated heterocycles. The van der Waals surface area contributed by atoms with E-state index < -0.39 is 23.6 Å². The molecule has 0 saturated carbocycles. The number of amides is 2. The minimum Gasteiger partial charge on any atom is -0.465 e. The lowest BCUT2D eigenvalue weighted by atomic mass is 10.0. The third kappa shape index (κ3) is 2.75. The van der Waals surface area contributed by atoms with Crippen LogP contribution >= 0.6 is 0 Å². The predicted molar refractivity (Wildman–Crippen MR) is 101 cm³/mol. The van der Waals surface area contributed by atoms with Crippen LogP contribution in [-0.2, 0) is 4.74 Å². The first-order valence-electron chi connectivity index (χ1n) is 8.47. The molecule has 0 aromatic heterocycles. The Labute approximate surface area is 160 Å². The van der Waals surface area contributed by atoms with Crippen molar-refractivity contribution < 1.29 is 23.5 Å². The molecule has 138 valence electrons. The number of esters is 1. The molecular formula is C22H14FNO4. The summed E-state index contributed by atoms with van der Waals surface area (Å²) in [7, 11) is 1.18. The van der Waals surface area contributed by atoms with Crippen molar-refractivity contribution in [1.82, 2.24) is 0 Å². The van der Waals surface area contributed by atoms with Gasteiger partial charge in [0.1, 0.15) is 5.82 Å². The number of methoxy groups -OCH3 is 1. The van der Waals surface area contributed by atoms with E-state index in [1.165, 1.54) is 19.2 Å². The smallest absolute Gasteiger partial charge is 0.340 e. The average molecular weight is 375 g/mol. The van der Waals surface area contributed by atoms with Gasteiger partial charge in [0.05, 0.1) is 29.5 Å². The Morgan fingerprint density at radius 2 is 1.50 bits per heavy atom. The van der Waals surface area contributed by atoms with Crippen molar-refractivity contribution in [3.05, 3.63) is 89.2 Å². The summed E-state index contributed by atoms with van der Waals surface area (Å²) in [6.45, 7) is 0. The number of carbonyl (C=O) groups excluding carboxylic acids is 3. The second kappa shape index (κ2) is 6.74. The number of carbonyl (C=O) groups is 3. The van der Waals surface area contributed by atoms with Gasteiger partial charge in [-0.05, 0) is 47.5 Å². The van der Waals surface area contributed by atoms with E-state index in [0.29, 0.717) is 27.9 Å². The van der Waals surface area contributed by atoms with Crippen LogP contribution in [0.15, 0.2) is 66.7 Å².